The first-order chi connectivity index (χ1) is 11.3. The monoisotopic (exact) mass is 347 g/mol. The number of thioether (sulfide) groups is 2. The van der Waals surface area contributed by atoms with Crippen LogP contribution in [0.2, 0.25) is 0 Å². The molecule has 0 aliphatic carbocycles. The Morgan fingerprint density at radius 2 is 2.00 bits per heavy atom. The van der Waals surface area contributed by atoms with Crippen molar-refractivity contribution in [3.63, 3.8) is 0 Å². The molecule has 0 saturated carbocycles. The molecule has 0 spiro atoms. The molecule has 0 N–H and O–H groups in total. The van der Waals surface area contributed by atoms with Crippen molar-refractivity contribution in [2.75, 3.05) is 18.6 Å². The van der Waals surface area contributed by atoms with Gasteiger partial charge in [0.05, 0.1) is 11.7 Å². The molecule has 1 aliphatic rings. The summed E-state index contributed by atoms with van der Waals surface area (Å²) in [4.78, 5) is 0. The minimum absolute atomic E-state index is 0.403. The zero-order chi connectivity index (χ0) is 15.6. The van der Waals surface area contributed by atoms with Crippen LogP contribution < -0.4 is 9.47 Å². The van der Waals surface area contributed by atoms with Crippen molar-refractivity contribution >= 4 is 29.2 Å². The van der Waals surface area contributed by atoms with Crippen molar-refractivity contribution in [2.24, 2.45) is 0 Å². The van der Waals surface area contributed by atoms with Crippen molar-refractivity contribution in [3.05, 3.63) is 35.9 Å². The molecule has 0 amide bonds. The van der Waals surface area contributed by atoms with Crippen LogP contribution in [-0.4, -0.2) is 43.9 Å². The molecule has 118 valence electrons. The largest absolute Gasteiger partial charge is 0.493 e. The predicted octanol–water partition coefficient (Wildman–Crippen LogP) is 2.80. The van der Waals surface area contributed by atoms with E-state index < -0.39 is 0 Å². The van der Waals surface area contributed by atoms with E-state index in [0.29, 0.717) is 27.6 Å². The van der Waals surface area contributed by atoms with Gasteiger partial charge in [0.25, 0.3) is 0 Å². The molecule has 1 saturated heterocycles. The molecule has 9 heteroatoms. The standard InChI is InChI=1S/C14H13N5O2S2/c1-20-11-8-9(14-22-6-7-23-14)2-3-10(11)21-13-5-4-12-15-17-18-19(12)16-13/h2-5,8,14H,6-7H2,1H3. The van der Waals surface area contributed by atoms with Gasteiger partial charge in [-0.25, -0.2) is 0 Å². The molecule has 1 aromatic carbocycles. The Labute approximate surface area is 140 Å². The number of benzene rings is 1. The van der Waals surface area contributed by atoms with E-state index in [1.807, 2.05) is 35.7 Å². The molecule has 3 heterocycles. The van der Waals surface area contributed by atoms with E-state index in [1.54, 1.807) is 19.2 Å². The fourth-order valence-corrected chi connectivity index (χ4v) is 5.10. The molecule has 1 fully saturated rings. The predicted molar refractivity (Wildman–Crippen MR) is 89.3 cm³/mol. The first kappa shape index (κ1) is 14.6. The van der Waals surface area contributed by atoms with E-state index in [2.05, 4.69) is 26.7 Å². The number of hydrogen-bond donors (Lipinski definition) is 0. The van der Waals surface area contributed by atoms with E-state index in [1.165, 1.54) is 21.7 Å². The van der Waals surface area contributed by atoms with Crippen molar-refractivity contribution in [3.8, 4) is 17.4 Å². The molecule has 3 aromatic rings. The van der Waals surface area contributed by atoms with Gasteiger partial charge in [0, 0.05) is 17.6 Å². The Hall–Kier alpha value is -2.00. The summed E-state index contributed by atoms with van der Waals surface area (Å²) in [7, 11) is 1.64. The number of rotatable bonds is 4. The van der Waals surface area contributed by atoms with Gasteiger partial charge >= 0.3 is 0 Å². The van der Waals surface area contributed by atoms with Gasteiger partial charge in [-0.05, 0) is 34.2 Å². The molecule has 0 radical (unpaired) electrons. The van der Waals surface area contributed by atoms with Crippen molar-refractivity contribution in [1.82, 2.24) is 25.3 Å². The van der Waals surface area contributed by atoms with Crippen molar-refractivity contribution in [1.29, 1.82) is 0 Å². The van der Waals surface area contributed by atoms with Gasteiger partial charge in [0.15, 0.2) is 17.1 Å². The van der Waals surface area contributed by atoms with E-state index in [4.69, 9.17) is 9.47 Å². The SMILES string of the molecule is COc1cc(C2SCCS2)ccc1Oc1ccc2nnnn2n1. The number of hydrogen-bond acceptors (Lipinski definition) is 8. The molecule has 2 aromatic heterocycles. The third-order valence-corrected chi connectivity index (χ3v) is 6.45. The Morgan fingerprint density at radius 3 is 2.83 bits per heavy atom. The molecule has 23 heavy (non-hydrogen) atoms. The fraction of sp³-hybridized carbons (Fsp3) is 0.286. The number of fused-ring (bicyclic) bond motifs is 1. The fourth-order valence-electron chi connectivity index (χ4n) is 2.27. The molecule has 0 atom stereocenters. The van der Waals surface area contributed by atoms with Gasteiger partial charge in [-0.3, -0.25) is 0 Å². The lowest BCUT2D eigenvalue weighted by Gasteiger charge is -2.13. The highest BCUT2D eigenvalue weighted by atomic mass is 32.2. The van der Waals surface area contributed by atoms with Crippen LogP contribution in [0.15, 0.2) is 30.3 Å². The molecule has 7 nitrogen and oxygen atoms in total. The third kappa shape index (κ3) is 2.93. The number of aromatic nitrogens is 5. The van der Waals surface area contributed by atoms with Gasteiger partial charge in [-0.1, -0.05) is 6.07 Å². The maximum atomic E-state index is 5.83. The molecule has 4 rings (SSSR count). The van der Waals surface area contributed by atoms with Gasteiger partial charge in [0.1, 0.15) is 0 Å². The topological polar surface area (TPSA) is 74.4 Å². The second kappa shape index (κ2) is 6.25. The highest BCUT2D eigenvalue weighted by molar-refractivity contribution is 8.19. The first-order valence-electron chi connectivity index (χ1n) is 6.98. The summed E-state index contributed by atoms with van der Waals surface area (Å²) in [5, 5.41) is 15.3. The number of methoxy groups -OCH3 is 1. The van der Waals surface area contributed by atoms with Gasteiger partial charge < -0.3 is 9.47 Å². The zero-order valence-corrected chi connectivity index (χ0v) is 13.9. The van der Waals surface area contributed by atoms with Crippen molar-refractivity contribution in [2.45, 2.75) is 4.58 Å². The normalized spacial score (nSPS) is 15.2. The Kier molecular flexibility index (Phi) is 3.96. The van der Waals surface area contributed by atoms with Crippen LogP contribution in [0.1, 0.15) is 10.1 Å². The maximum absolute atomic E-state index is 5.83. The quantitative estimate of drug-likeness (QED) is 0.713. The smallest absolute Gasteiger partial charge is 0.239 e. The highest BCUT2D eigenvalue weighted by Crippen LogP contribution is 2.47. The Bertz CT molecular complexity index is 835. The summed E-state index contributed by atoms with van der Waals surface area (Å²) in [6.07, 6.45) is 0. The van der Waals surface area contributed by atoms with E-state index in [-0.39, 0.29) is 0 Å². The Morgan fingerprint density at radius 1 is 1.13 bits per heavy atom. The highest BCUT2D eigenvalue weighted by Gasteiger charge is 2.20. The molecular weight excluding hydrogens is 334 g/mol. The molecule has 0 unspecified atom stereocenters. The lowest BCUT2D eigenvalue weighted by Crippen LogP contribution is -1.98. The average Bonchev–Trinajstić information content (AvgIpc) is 3.26. The van der Waals surface area contributed by atoms with Crippen LogP contribution in [0.3, 0.4) is 0 Å². The van der Waals surface area contributed by atoms with Crippen LogP contribution in [0, 0.1) is 0 Å². The summed E-state index contributed by atoms with van der Waals surface area (Å²) < 4.78 is 13.1. The molecule has 1 aliphatic heterocycles. The maximum Gasteiger partial charge on any atom is 0.239 e. The van der Waals surface area contributed by atoms with Crippen LogP contribution in [-0.2, 0) is 0 Å². The number of tetrazole rings is 1. The lowest BCUT2D eigenvalue weighted by molar-refractivity contribution is 0.370. The first-order valence-corrected chi connectivity index (χ1v) is 9.08. The summed E-state index contributed by atoms with van der Waals surface area (Å²) in [5.41, 5.74) is 1.81. The van der Waals surface area contributed by atoms with Crippen LogP contribution in [0.25, 0.3) is 5.65 Å². The minimum atomic E-state index is 0.403. The van der Waals surface area contributed by atoms with Crippen molar-refractivity contribution < 1.29 is 9.47 Å². The summed E-state index contributed by atoms with van der Waals surface area (Å²) in [6.45, 7) is 0. The summed E-state index contributed by atoms with van der Waals surface area (Å²) in [5.74, 6) is 4.08. The lowest BCUT2D eigenvalue weighted by atomic mass is 10.2. The zero-order valence-electron chi connectivity index (χ0n) is 12.2. The number of ether oxygens (including phenoxy) is 2. The molecule has 0 bridgehead atoms. The van der Waals surface area contributed by atoms with Gasteiger partial charge in [0.2, 0.25) is 5.88 Å². The van der Waals surface area contributed by atoms with Gasteiger partial charge in [-0.15, -0.1) is 38.4 Å². The van der Waals surface area contributed by atoms with Gasteiger partial charge in [-0.2, -0.15) is 0 Å². The average molecular weight is 347 g/mol. The Balaban J connectivity index is 1.62. The van der Waals surface area contributed by atoms with E-state index >= 15 is 0 Å². The van der Waals surface area contributed by atoms with Crippen LogP contribution in [0.5, 0.6) is 17.4 Å². The van der Waals surface area contributed by atoms with E-state index in [0.717, 1.165) is 0 Å². The van der Waals surface area contributed by atoms with E-state index in [9.17, 15) is 0 Å². The second-order valence-electron chi connectivity index (χ2n) is 4.78. The summed E-state index contributed by atoms with van der Waals surface area (Å²) in [6, 6.07) is 9.49. The second-order valence-corrected chi connectivity index (χ2v) is 7.51. The summed E-state index contributed by atoms with van der Waals surface area (Å²) >= 11 is 3.91. The molecular formula is C14H13N5O2S2. The minimum Gasteiger partial charge on any atom is -0.493 e. The number of nitrogens with zero attached hydrogens (tertiary/aromatic N) is 5. The van der Waals surface area contributed by atoms with Crippen LogP contribution in [0.4, 0.5) is 0 Å². The third-order valence-electron chi connectivity index (χ3n) is 3.34. The van der Waals surface area contributed by atoms with Crippen LogP contribution >= 0.6 is 23.5 Å².